The van der Waals surface area contributed by atoms with Crippen LogP contribution in [0.2, 0.25) is 0 Å². The van der Waals surface area contributed by atoms with Gasteiger partial charge in [0.05, 0.1) is 14.2 Å². The molecule has 0 bridgehead atoms. The number of ether oxygens (including phenoxy) is 3. The quantitative estimate of drug-likeness (QED) is 0.506. The van der Waals surface area contributed by atoms with E-state index in [-0.39, 0.29) is 12.5 Å². The second-order valence-electron chi connectivity index (χ2n) is 7.94. The molecule has 174 valence electrons. The molecule has 0 fully saturated rings. The van der Waals surface area contributed by atoms with Crippen molar-refractivity contribution in [1.29, 1.82) is 0 Å². The van der Waals surface area contributed by atoms with Gasteiger partial charge in [0.15, 0.2) is 23.4 Å². The van der Waals surface area contributed by atoms with Crippen molar-refractivity contribution in [2.45, 2.75) is 31.8 Å². The number of aromatic nitrogens is 2. The first-order chi connectivity index (χ1) is 16.6. The molecular formula is C27H27N3O4. The Morgan fingerprint density at radius 2 is 1.79 bits per heavy atom. The van der Waals surface area contributed by atoms with Crippen molar-refractivity contribution in [3.8, 4) is 35.1 Å². The molecule has 1 aromatic heterocycles. The van der Waals surface area contributed by atoms with Crippen molar-refractivity contribution in [2.24, 2.45) is 0 Å². The van der Waals surface area contributed by atoms with E-state index >= 15 is 0 Å². The predicted octanol–water partition coefficient (Wildman–Crippen LogP) is 4.37. The highest BCUT2D eigenvalue weighted by Gasteiger charge is 2.25. The van der Waals surface area contributed by atoms with Crippen LogP contribution in [0.3, 0.4) is 0 Å². The van der Waals surface area contributed by atoms with E-state index in [4.69, 9.17) is 20.6 Å². The number of hydrogen-bond acceptors (Lipinski definition) is 6. The molecule has 1 heterocycles. The summed E-state index contributed by atoms with van der Waals surface area (Å²) < 4.78 is 16.5. The minimum Gasteiger partial charge on any atom is -0.493 e. The minimum absolute atomic E-state index is 0.0121. The molecule has 0 spiro atoms. The molecule has 1 N–H and O–H groups in total. The standard InChI is InChI=1S/C27H27N3O4/c1-4-15-34-25(21-10-9-18-7-5-6-8-19(18)16-21)27(31)30-26-24(28-13-14-29-26)20-11-12-22(32-2)23(17-20)33-3/h1,9-14,16-17,25H,5-8,15H2,2-3H3,(H,29,30,31). The Bertz CT molecular complexity index is 1220. The first kappa shape index (κ1) is 23.3. The number of amides is 1. The van der Waals surface area contributed by atoms with Crippen molar-refractivity contribution >= 4 is 11.7 Å². The first-order valence-corrected chi connectivity index (χ1v) is 11.2. The normalized spacial score (nSPS) is 13.3. The van der Waals surface area contributed by atoms with Gasteiger partial charge in [-0.15, -0.1) is 6.42 Å². The fourth-order valence-corrected chi connectivity index (χ4v) is 4.18. The monoisotopic (exact) mass is 457 g/mol. The number of terminal acetylenes is 1. The van der Waals surface area contributed by atoms with Crippen molar-refractivity contribution in [2.75, 3.05) is 26.1 Å². The SMILES string of the molecule is C#CCOC(C(=O)Nc1nccnc1-c1ccc(OC)c(OC)c1)c1ccc2c(c1)CCCC2. The number of anilines is 1. The van der Waals surface area contributed by atoms with E-state index in [0.29, 0.717) is 23.0 Å². The average Bonchev–Trinajstić information content (AvgIpc) is 2.88. The van der Waals surface area contributed by atoms with Crippen LogP contribution < -0.4 is 14.8 Å². The highest BCUT2D eigenvalue weighted by molar-refractivity contribution is 5.96. The van der Waals surface area contributed by atoms with Crippen LogP contribution in [-0.4, -0.2) is 36.7 Å². The van der Waals surface area contributed by atoms with Crippen LogP contribution in [0, 0.1) is 12.3 Å². The van der Waals surface area contributed by atoms with Crippen molar-refractivity contribution in [3.05, 3.63) is 65.5 Å². The van der Waals surface area contributed by atoms with Gasteiger partial charge in [0.1, 0.15) is 12.3 Å². The molecule has 4 rings (SSSR count). The molecule has 1 unspecified atom stereocenters. The van der Waals surface area contributed by atoms with E-state index < -0.39 is 6.10 Å². The molecule has 7 heteroatoms. The summed E-state index contributed by atoms with van der Waals surface area (Å²) in [5, 5.41) is 2.88. The van der Waals surface area contributed by atoms with Crippen molar-refractivity contribution in [3.63, 3.8) is 0 Å². The van der Waals surface area contributed by atoms with Crippen LogP contribution in [0.4, 0.5) is 5.82 Å². The van der Waals surface area contributed by atoms with Gasteiger partial charge in [-0.2, -0.15) is 0 Å². The summed E-state index contributed by atoms with van der Waals surface area (Å²) in [6, 6.07) is 11.5. The van der Waals surface area contributed by atoms with E-state index in [1.165, 1.54) is 23.7 Å². The maximum absolute atomic E-state index is 13.4. The molecular weight excluding hydrogens is 430 g/mol. The van der Waals surface area contributed by atoms with Crippen LogP contribution in [-0.2, 0) is 22.4 Å². The number of aryl methyl sites for hydroxylation is 2. The summed E-state index contributed by atoms with van der Waals surface area (Å²) in [5.41, 5.74) is 4.57. The second-order valence-corrected chi connectivity index (χ2v) is 7.94. The Balaban J connectivity index is 1.64. The Hall–Kier alpha value is -3.89. The van der Waals surface area contributed by atoms with Gasteiger partial charge in [-0.05, 0) is 60.6 Å². The zero-order valence-corrected chi connectivity index (χ0v) is 19.3. The highest BCUT2D eigenvalue weighted by Crippen LogP contribution is 2.34. The topological polar surface area (TPSA) is 82.6 Å². The van der Waals surface area contributed by atoms with Crippen LogP contribution in [0.1, 0.15) is 35.6 Å². The molecule has 3 aromatic rings. The summed E-state index contributed by atoms with van der Waals surface area (Å²) in [5.74, 6) is 3.54. The number of rotatable bonds is 8. The van der Waals surface area contributed by atoms with Gasteiger partial charge in [-0.1, -0.05) is 24.1 Å². The molecule has 0 radical (unpaired) electrons. The summed E-state index contributed by atoms with van der Waals surface area (Å²) in [6.07, 6.45) is 12.0. The molecule has 7 nitrogen and oxygen atoms in total. The summed E-state index contributed by atoms with van der Waals surface area (Å²) in [6.45, 7) is 0.0121. The zero-order valence-electron chi connectivity index (χ0n) is 19.3. The lowest BCUT2D eigenvalue weighted by molar-refractivity contribution is -0.127. The maximum Gasteiger partial charge on any atom is 0.259 e. The molecule has 34 heavy (non-hydrogen) atoms. The van der Waals surface area contributed by atoms with Crippen LogP contribution in [0.15, 0.2) is 48.8 Å². The number of carbonyl (C=O) groups excluding carboxylic acids is 1. The molecule has 0 aliphatic heterocycles. The maximum atomic E-state index is 13.4. The molecule has 0 saturated heterocycles. The molecule has 0 saturated carbocycles. The van der Waals surface area contributed by atoms with E-state index in [9.17, 15) is 4.79 Å². The lowest BCUT2D eigenvalue weighted by Gasteiger charge is -2.21. The summed E-state index contributed by atoms with van der Waals surface area (Å²) in [7, 11) is 3.13. The van der Waals surface area contributed by atoms with Crippen LogP contribution >= 0.6 is 0 Å². The molecule has 1 aliphatic rings. The molecule has 1 atom stereocenters. The van der Waals surface area contributed by atoms with E-state index in [2.05, 4.69) is 33.3 Å². The predicted molar refractivity (Wildman–Crippen MR) is 130 cm³/mol. The number of hydrogen-bond donors (Lipinski definition) is 1. The Morgan fingerprint density at radius 3 is 2.56 bits per heavy atom. The van der Waals surface area contributed by atoms with Crippen molar-refractivity contribution in [1.82, 2.24) is 9.97 Å². The number of fused-ring (bicyclic) bond motifs is 1. The molecule has 1 aliphatic carbocycles. The average molecular weight is 458 g/mol. The lowest BCUT2D eigenvalue weighted by Crippen LogP contribution is -2.25. The van der Waals surface area contributed by atoms with Gasteiger partial charge in [0.25, 0.3) is 5.91 Å². The van der Waals surface area contributed by atoms with Gasteiger partial charge in [-0.25, -0.2) is 4.98 Å². The largest absolute Gasteiger partial charge is 0.493 e. The van der Waals surface area contributed by atoms with Crippen LogP contribution in [0.5, 0.6) is 11.5 Å². The van der Waals surface area contributed by atoms with E-state index in [1.54, 1.807) is 32.5 Å². The zero-order chi connectivity index (χ0) is 23.9. The highest BCUT2D eigenvalue weighted by atomic mass is 16.5. The Morgan fingerprint density at radius 1 is 1.03 bits per heavy atom. The molecule has 2 aromatic carbocycles. The summed E-state index contributed by atoms with van der Waals surface area (Å²) in [4.78, 5) is 22.2. The number of nitrogens with one attached hydrogen (secondary N) is 1. The van der Waals surface area contributed by atoms with Gasteiger partial charge < -0.3 is 19.5 Å². The third-order valence-corrected chi connectivity index (χ3v) is 5.84. The van der Waals surface area contributed by atoms with Gasteiger partial charge >= 0.3 is 0 Å². The second kappa shape index (κ2) is 10.8. The van der Waals surface area contributed by atoms with E-state index in [0.717, 1.165) is 30.4 Å². The Labute approximate surface area is 199 Å². The fraction of sp³-hybridized carbons (Fsp3) is 0.296. The van der Waals surface area contributed by atoms with Gasteiger partial charge in [0.2, 0.25) is 0 Å². The third kappa shape index (κ3) is 5.03. The smallest absolute Gasteiger partial charge is 0.259 e. The number of carbonyl (C=O) groups is 1. The minimum atomic E-state index is -0.872. The van der Waals surface area contributed by atoms with Gasteiger partial charge in [0, 0.05) is 18.0 Å². The molecule has 1 amide bonds. The lowest BCUT2D eigenvalue weighted by atomic mass is 9.89. The van der Waals surface area contributed by atoms with Crippen LogP contribution in [0.25, 0.3) is 11.3 Å². The Kier molecular flexibility index (Phi) is 7.41. The first-order valence-electron chi connectivity index (χ1n) is 11.2. The number of methoxy groups -OCH3 is 2. The van der Waals surface area contributed by atoms with Crippen molar-refractivity contribution < 1.29 is 19.0 Å². The van der Waals surface area contributed by atoms with Gasteiger partial charge in [-0.3, -0.25) is 9.78 Å². The third-order valence-electron chi connectivity index (χ3n) is 5.84. The fourth-order valence-electron chi connectivity index (χ4n) is 4.18. The number of nitrogens with zero attached hydrogens (tertiary/aromatic N) is 2. The van der Waals surface area contributed by atoms with E-state index in [1.807, 2.05) is 12.1 Å². The number of benzene rings is 2. The summed E-state index contributed by atoms with van der Waals surface area (Å²) >= 11 is 0.